The van der Waals surface area contributed by atoms with Crippen LogP contribution in [0.25, 0.3) is 5.57 Å². The van der Waals surface area contributed by atoms with Crippen LogP contribution < -0.4 is 0 Å². The fourth-order valence-electron chi connectivity index (χ4n) is 2.77. The Labute approximate surface area is 99.4 Å². The lowest BCUT2D eigenvalue weighted by Gasteiger charge is -2.21. The van der Waals surface area contributed by atoms with Gasteiger partial charge in [0.15, 0.2) is 0 Å². The van der Waals surface area contributed by atoms with Crippen LogP contribution >= 0.6 is 0 Å². The number of aryl methyl sites for hydroxylation is 2. The number of benzene rings is 1. The Kier molecular flexibility index (Phi) is 3.18. The molecule has 1 aromatic rings. The van der Waals surface area contributed by atoms with Gasteiger partial charge in [0.2, 0.25) is 0 Å². The van der Waals surface area contributed by atoms with Gasteiger partial charge in [-0.05, 0) is 75.6 Å². The molecular weight excluding hydrogens is 192 g/mol. The van der Waals surface area contributed by atoms with Crippen LogP contribution in [-0.4, -0.2) is 0 Å². The maximum Gasteiger partial charge on any atom is -0.0190 e. The van der Waals surface area contributed by atoms with E-state index < -0.39 is 0 Å². The van der Waals surface area contributed by atoms with Gasteiger partial charge in [0.05, 0.1) is 0 Å². The molecule has 0 nitrogen and oxygen atoms in total. The SMILES string of the molecule is CC1=C(c2cc(C)cc(C)c2C)CCCC1. The van der Waals surface area contributed by atoms with E-state index in [2.05, 4.69) is 39.8 Å². The highest BCUT2D eigenvalue weighted by molar-refractivity contribution is 5.72. The molecule has 0 heterocycles. The second-order valence-electron chi connectivity index (χ2n) is 5.22. The highest BCUT2D eigenvalue weighted by atomic mass is 14.2. The van der Waals surface area contributed by atoms with Gasteiger partial charge in [0, 0.05) is 0 Å². The van der Waals surface area contributed by atoms with E-state index in [1.807, 2.05) is 0 Å². The first-order valence-electron chi connectivity index (χ1n) is 6.36. The highest BCUT2D eigenvalue weighted by Crippen LogP contribution is 2.34. The van der Waals surface area contributed by atoms with Gasteiger partial charge in [0.25, 0.3) is 0 Å². The van der Waals surface area contributed by atoms with Crippen molar-refractivity contribution in [1.82, 2.24) is 0 Å². The molecule has 0 unspecified atom stereocenters. The van der Waals surface area contributed by atoms with Gasteiger partial charge in [-0.3, -0.25) is 0 Å². The average molecular weight is 214 g/mol. The predicted octanol–water partition coefficient (Wildman–Crippen LogP) is 4.96. The van der Waals surface area contributed by atoms with Gasteiger partial charge < -0.3 is 0 Å². The second kappa shape index (κ2) is 4.45. The Morgan fingerprint density at radius 1 is 0.875 bits per heavy atom. The van der Waals surface area contributed by atoms with Crippen molar-refractivity contribution in [3.63, 3.8) is 0 Å². The van der Waals surface area contributed by atoms with Crippen molar-refractivity contribution in [2.45, 2.75) is 53.4 Å². The van der Waals surface area contributed by atoms with E-state index in [1.54, 1.807) is 11.1 Å². The van der Waals surface area contributed by atoms with Crippen molar-refractivity contribution in [1.29, 1.82) is 0 Å². The van der Waals surface area contributed by atoms with Crippen LogP contribution in [-0.2, 0) is 0 Å². The zero-order valence-corrected chi connectivity index (χ0v) is 11.0. The molecule has 0 aromatic heterocycles. The molecule has 0 bridgehead atoms. The molecule has 0 spiro atoms. The first-order valence-corrected chi connectivity index (χ1v) is 6.36. The van der Waals surface area contributed by atoms with Crippen LogP contribution in [0.4, 0.5) is 0 Å². The van der Waals surface area contributed by atoms with Crippen molar-refractivity contribution in [3.8, 4) is 0 Å². The maximum atomic E-state index is 2.37. The first-order chi connectivity index (χ1) is 7.59. The minimum Gasteiger partial charge on any atom is -0.0695 e. The quantitative estimate of drug-likeness (QED) is 0.620. The topological polar surface area (TPSA) is 0 Å². The Bertz CT molecular complexity index is 436. The van der Waals surface area contributed by atoms with Gasteiger partial charge in [-0.2, -0.15) is 0 Å². The smallest absolute Gasteiger partial charge is 0.0190 e. The van der Waals surface area contributed by atoms with E-state index in [4.69, 9.17) is 0 Å². The van der Waals surface area contributed by atoms with Gasteiger partial charge in [-0.15, -0.1) is 0 Å². The molecule has 1 aromatic carbocycles. The summed E-state index contributed by atoms with van der Waals surface area (Å²) >= 11 is 0. The normalized spacial score (nSPS) is 16.8. The van der Waals surface area contributed by atoms with E-state index in [1.165, 1.54) is 47.9 Å². The molecule has 0 saturated heterocycles. The fourth-order valence-corrected chi connectivity index (χ4v) is 2.77. The molecule has 0 fully saturated rings. The number of rotatable bonds is 1. The second-order valence-corrected chi connectivity index (χ2v) is 5.22. The number of hydrogen-bond acceptors (Lipinski definition) is 0. The largest absolute Gasteiger partial charge is 0.0695 e. The first kappa shape index (κ1) is 11.4. The molecule has 2 rings (SSSR count). The Balaban J connectivity index is 2.55. The molecule has 0 radical (unpaired) electrons. The van der Waals surface area contributed by atoms with Gasteiger partial charge >= 0.3 is 0 Å². The van der Waals surface area contributed by atoms with Gasteiger partial charge in [0.1, 0.15) is 0 Å². The van der Waals surface area contributed by atoms with Crippen molar-refractivity contribution in [2.75, 3.05) is 0 Å². The zero-order valence-electron chi connectivity index (χ0n) is 11.0. The van der Waals surface area contributed by atoms with Crippen molar-refractivity contribution >= 4 is 5.57 Å². The molecule has 0 amide bonds. The lowest BCUT2D eigenvalue weighted by molar-refractivity contribution is 0.714. The van der Waals surface area contributed by atoms with Crippen LogP contribution in [0.5, 0.6) is 0 Å². The summed E-state index contributed by atoms with van der Waals surface area (Å²) < 4.78 is 0. The summed E-state index contributed by atoms with van der Waals surface area (Å²) in [6.45, 7) is 9.00. The molecule has 1 aliphatic carbocycles. The monoisotopic (exact) mass is 214 g/mol. The van der Waals surface area contributed by atoms with Crippen LogP contribution in [0.2, 0.25) is 0 Å². The molecule has 86 valence electrons. The lowest BCUT2D eigenvalue weighted by atomic mass is 9.84. The molecule has 0 saturated carbocycles. The van der Waals surface area contributed by atoms with Crippen LogP contribution in [0, 0.1) is 20.8 Å². The fraction of sp³-hybridized carbons (Fsp3) is 0.500. The van der Waals surface area contributed by atoms with Crippen LogP contribution in [0.1, 0.15) is 54.9 Å². The van der Waals surface area contributed by atoms with E-state index in [9.17, 15) is 0 Å². The van der Waals surface area contributed by atoms with Gasteiger partial charge in [-0.1, -0.05) is 23.3 Å². The summed E-state index contributed by atoms with van der Waals surface area (Å²) in [4.78, 5) is 0. The minimum absolute atomic E-state index is 1.27. The third-order valence-corrected chi connectivity index (χ3v) is 3.88. The minimum atomic E-state index is 1.27. The van der Waals surface area contributed by atoms with E-state index in [0.29, 0.717) is 0 Å². The molecule has 0 heteroatoms. The standard InChI is InChI=1S/C16H22/c1-11-9-13(3)14(4)16(10-11)15-8-6-5-7-12(15)2/h9-10H,5-8H2,1-4H3. The van der Waals surface area contributed by atoms with E-state index in [-0.39, 0.29) is 0 Å². The van der Waals surface area contributed by atoms with Crippen LogP contribution in [0.3, 0.4) is 0 Å². The van der Waals surface area contributed by atoms with Gasteiger partial charge in [-0.25, -0.2) is 0 Å². The average Bonchev–Trinajstić information content (AvgIpc) is 2.24. The Hall–Kier alpha value is -1.04. The molecule has 0 N–H and O–H groups in total. The molecular formula is C16H22. The van der Waals surface area contributed by atoms with Crippen molar-refractivity contribution in [2.24, 2.45) is 0 Å². The predicted molar refractivity (Wildman–Crippen MR) is 71.7 cm³/mol. The summed E-state index contributed by atoms with van der Waals surface area (Å²) in [5.74, 6) is 0. The highest BCUT2D eigenvalue weighted by Gasteiger charge is 2.14. The van der Waals surface area contributed by atoms with E-state index in [0.717, 1.165) is 0 Å². The summed E-state index contributed by atoms with van der Waals surface area (Å²) in [6, 6.07) is 4.66. The number of hydrogen-bond donors (Lipinski definition) is 0. The van der Waals surface area contributed by atoms with Crippen LogP contribution in [0.15, 0.2) is 17.7 Å². The lowest BCUT2D eigenvalue weighted by Crippen LogP contribution is -2.00. The van der Waals surface area contributed by atoms with E-state index >= 15 is 0 Å². The van der Waals surface area contributed by atoms with Crippen molar-refractivity contribution in [3.05, 3.63) is 40.0 Å². The summed E-state index contributed by atoms with van der Waals surface area (Å²) in [7, 11) is 0. The summed E-state index contributed by atoms with van der Waals surface area (Å²) in [5.41, 5.74) is 9.04. The molecule has 0 atom stereocenters. The summed E-state index contributed by atoms with van der Waals surface area (Å²) in [6.07, 6.45) is 5.30. The molecule has 1 aliphatic rings. The third kappa shape index (κ3) is 2.07. The maximum absolute atomic E-state index is 2.37. The zero-order chi connectivity index (χ0) is 11.7. The Morgan fingerprint density at radius 3 is 2.25 bits per heavy atom. The molecule has 0 aliphatic heterocycles. The van der Waals surface area contributed by atoms with Crippen molar-refractivity contribution < 1.29 is 0 Å². The molecule has 16 heavy (non-hydrogen) atoms. The Morgan fingerprint density at radius 2 is 1.56 bits per heavy atom. The number of allylic oxidation sites excluding steroid dienone is 2. The third-order valence-electron chi connectivity index (χ3n) is 3.88. The summed E-state index contributed by atoms with van der Waals surface area (Å²) in [5, 5.41) is 0.